The Kier molecular flexibility index (Phi) is 2.88. The van der Waals surface area contributed by atoms with Crippen molar-refractivity contribution in [3.63, 3.8) is 0 Å². The monoisotopic (exact) mass is 198 g/mol. The normalized spacial score (nSPS) is 25.4. The minimum Gasteiger partial charge on any atom is -0.381 e. The van der Waals surface area contributed by atoms with Gasteiger partial charge in [-0.25, -0.2) is 0 Å². The molecule has 2 aliphatic rings. The largest absolute Gasteiger partial charge is 0.381 e. The predicted molar refractivity (Wildman–Crippen MR) is 55.3 cm³/mol. The summed E-state index contributed by atoms with van der Waals surface area (Å²) in [4.78, 5) is 4.26. The number of nitrogens with zero attached hydrogens (tertiary/aromatic N) is 1. The maximum absolute atomic E-state index is 6.21. The standard InChI is InChI=1S/C9H18N4O/c10-9(1-5-14-6-2-9)7-13-8-11-3-4-12-8/h1-7,10H2,(H2,11,12,13). The maximum atomic E-state index is 6.21. The Morgan fingerprint density at radius 3 is 2.93 bits per heavy atom. The molecule has 1 fully saturated rings. The van der Waals surface area contributed by atoms with Gasteiger partial charge in [-0.1, -0.05) is 0 Å². The van der Waals surface area contributed by atoms with E-state index in [4.69, 9.17) is 10.5 Å². The van der Waals surface area contributed by atoms with Gasteiger partial charge in [0.1, 0.15) is 0 Å². The second-order valence-corrected chi connectivity index (χ2v) is 3.99. The van der Waals surface area contributed by atoms with Crippen LogP contribution in [0.2, 0.25) is 0 Å². The van der Waals surface area contributed by atoms with Crippen LogP contribution in [-0.4, -0.2) is 44.3 Å². The molecule has 0 spiro atoms. The molecule has 2 aliphatic heterocycles. The number of guanidine groups is 1. The fourth-order valence-electron chi connectivity index (χ4n) is 1.73. The van der Waals surface area contributed by atoms with Crippen LogP contribution < -0.4 is 16.4 Å². The summed E-state index contributed by atoms with van der Waals surface area (Å²) in [6.07, 6.45) is 1.85. The highest BCUT2D eigenvalue weighted by molar-refractivity contribution is 5.81. The molecule has 2 rings (SSSR count). The number of nitrogens with one attached hydrogen (secondary N) is 2. The van der Waals surface area contributed by atoms with Crippen LogP contribution in [0.4, 0.5) is 0 Å². The molecule has 4 N–H and O–H groups in total. The SMILES string of the molecule is NC1(CNC2=NCCN2)CCOCC1. The Morgan fingerprint density at radius 1 is 1.50 bits per heavy atom. The van der Waals surface area contributed by atoms with Gasteiger partial charge in [-0.2, -0.15) is 0 Å². The molecule has 0 aromatic rings. The lowest BCUT2D eigenvalue weighted by Crippen LogP contribution is -2.54. The van der Waals surface area contributed by atoms with Crippen LogP contribution >= 0.6 is 0 Å². The second kappa shape index (κ2) is 4.14. The van der Waals surface area contributed by atoms with Gasteiger partial charge >= 0.3 is 0 Å². The summed E-state index contributed by atoms with van der Waals surface area (Å²) in [5.41, 5.74) is 6.09. The smallest absolute Gasteiger partial charge is 0.191 e. The summed E-state index contributed by atoms with van der Waals surface area (Å²) in [5.74, 6) is 0.890. The summed E-state index contributed by atoms with van der Waals surface area (Å²) in [6, 6.07) is 0. The number of aliphatic imine (C=N–C) groups is 1. The first-order valence-corrected chi connectivity index (χ1v) is 5.17. The molecule has 1 saturated heterocycles. The van der Waals surface area contributed by atoms with Gasteiger partial charge in [0.05, 0.1) is 6.54 Å². The Balaban J connectivity index is 1.77. The van der Waals surface area contributed by atoms with E-state index < -0.39 is 0 Å². The molecule has 0 atom stereocenters. The average Bonchev–Trinajstić information content (AvgIpc) is 2.69. The van der Waals surface area contributed by atoms with E-state index in [0.29, 0.717) is 0 Å². The fraction of sp³-hybridized carbons (Fsp3) is 0.889. The van der Waals surface area contributed by atoms with E-state index in [1.165, 1.54) is 0 Å². The molecule has 0 amide bonds. The van der Waals surface area contributed by atoms with Gasteiger partial charge in [0.25, 0.3) is 0 Å². The van der Waals surface area contributed by atoms with Crippen LogP contribution in [0.15, 0.2) is 4.99 Å². The van der Waals surface area contributed by atoms with Gasteiger partial charge in [-0.05, 0) is 12.8 Å². The minimum absolute atomic E-state index is 0.120. The highest BCUT2D eigenvalue weighted by Gasteiger charge is 2.28. The summed E-state index contributed by atoms with van der Waals surface area (Å²) in [7, 11) is 0. The summed E-state index contributed by atoms with van der Waals surface area (Å²) >= 11 is 0. The van der Waals surface area contributed by atoms with Crippen molar-refractivity contribution >= 4 is 5.96 Å². The molecule has 5 nitrogen and oxygen atoms in total. The molecule has 0 unspecified atom stereocenters. The predicted octanol–water partition coefficient (Wildman–Crippen LogP) is -0.957. The van der Waals surface area contributed by atoms with Crippen LogP contribution in [0, 0.1) is 0 Å². The molecule has 14 heavy (non-hydrogen) atoms. The highest BCUT2D eigenvalue weighted by Crippen LogP contribution is 2.16. The minimum atomic E-state index is -0.120. The van der Waals surface area contributed by atoms with E-state index in [1.807, 2.05) is 0 Å². The van der Waals surface area contributed by atoms with Gasteiger partial charge < -0.3 is 21.1 Å². The third-order valence-corrected chi connectivity index (χ3v) is 2.77. The first-order valence-electron chi connectivity index (χ1n) is 5.17. The number of nitrogens with two attached hydrogens (primary N) is 1. The van der Waals surface area contributed by atoms with Crippen molar-refractivity contribution in [1.29, 1.82) is 0 Å². The molecule has 0 aromatic carbocycles. The lowest BCUT2D eigenvalue weighted by atomic mass is 9.91. The van der Waals surface area contributed by atoms with Crippen molar-refractivity contribution in [2.75, 3.05) is 32.8 Å². The van der Waals surface area contributed by atoms with E-state index in [0.717, 1.165) is 51.6 Å². The van der Waals surface area contributed by atoms with Crippen LogP contribution in [-0.2, 0) is 4.74 Å². The van der Waals surface area contributed by atoms with E-state index in [9.17, 15) is 0 Å². The Morgan fingerprint density at radius 2 is 2.29 bits per heavy atom. The highest BCUT2D eigenvalue weighted by atomic mass is 16.5. The van der Waals surface area contributed by atoms with Crippen molar-refractivity contribution < 1.29 is 4.74 Å². The van der Waals surface area contributed by atoms with Crippen molar-refractivity contribution in [3.05, 3.63) is 0 Å². The molecule has 0 saturated carbocycles. The van der Waals surface area contributed by atoms with Crippen LogP contribution in [0.1, 0.15) is 12.8 Å². The quantitative estimate of drug-likeness (QED) is 0.534. The first-order chi connectivity index (χ1) is 6.79. The van der Waals surface area contributed by atoms with Crippen molar-refractivity contribution in [3.8, 4) is 0 Å². The Bertz CT molecular complexity index is 223. The van der Waals surface area contributed by atoms with Crippen molar-refractivity contribution in [2.45, 2.75) is 18.4 Å². The molecule has 0 radical (unpaired) electrons. The zero-order chi connectivity index (χ0) is 9.86. The van der Waals surface area contributed by atoms with E-state index in [1.54, 1.807) is 0 Å². The van der Waals surface area contributed by atoms with Crippen LogP contribution in [0.25, 0.3) is 0 Å². The van der Waals surface area contributed by atoms with Crippen molar-refractivity contribution in [1.82, 2.24) is 10.6 Å². The van der Waals surface area contributed by atoms with E-state index >= 15 is 0 Å². The zero-order valence-corrected chi connectivity index (χ0v) is 8.38. The van der Waals surface area contributed by atoms with Gasteiger partial charge in [0.2, 0.25) is 0 Å². The number of hydrogen-bond acceptors (Lipinski definition) is 5. The number of ether oxygens (including phenoxy) is 1. The number of hydrogen-bond donors (Lipinski definition) is 3. The maximum Gasteiger partial charge on any atom is 0.191 e. The van der Waals surface area contributed by atoms with Crippen LogP contribution in [0.3, 0.4) is 0 Å². The molecule has 5 heteroatoms. The Labute approximate surface area is 84.1 Å². The topological polar surface area (TPSA) is 71.7 Å². The van der Waals surface area contributed by atoms with Crippen LogP contribution in [0.5, 0.6) is 0 Å². The summed E-state index contributed by atoms with van der Waals surface area (Å²) in [5, 5.41) is 6.42. The first kappa shape index (κ1) is 9.73. The fourth-order valence-corrected chi connectivity index (χ4v) is 1.73. The van der Waals surface area contributed by atoms with Crippen molar-refractivity contribution in [2.24, 2.45) is 10.7 Å². The lowest BCUT2D eigenvalue weighted by molar-refractivity contribution is 0.0546. The number of rotatable bonds is 2. The average molecular weight is 198 g/mol. The molecule has 2 heterocycles. The molecule has 0 aliphatic carbocycles. The molecule has 80 valence electrons. The molecular weight excluding hydrogens is 180 g/mol. The van der Waals surface area contributed by atoms with E-state index in [-0.39, 0.29) is 5.54 Å². The van der Waals surface area contributed by atoms with Gasteiger partial charge in [-0.3, -0.25) is 4.99 Å². The van der Waals surface area contributed by atoms with Gasteiger partial charge in [0, 0.05) is 31.8 Å². The zero-order valence-electron chi connectivity index (χ0n) is 8.38. The third kappa shape index (κ3) is 2.36. The van der Waals surface area contributed by atoms with Gasteiger partial charge in [0.15, 0.2) is 5.96 Å². The third-order valence-electron chi connectivity index (χ3n) is 2.77. The summed E-state index contributed by atoms with van der Waals surface area (Å²) < 4.78 is 5.28. The summed E-state index contributed by atoms with van der Waals surface area (Å²) in [6.45, 7) is 4.13. The molecular formula is C9H18N4O. The molecule has 0 aromatic heterocycles. The Hall–Kier alpha value is -0.810. The molecule has 0 bridgehead atoms. The van der Waals surface area contributed by atoms with E-state index in [2.05, 4.69) is 15.6 Å². The van der Waals surface area contributed by atoms with Gasteiger partial charge in [-0.15, -0.1) is 0 Å². The second-order valence-electron chi connectivity index (χ2n) is 3.99. The lowest BCUT2D eigenvalue weighted by Gasteiger charge is -2.33.